The van der Waals surface area contributed by atoms with E-state index in [4.69, 9.17) is 5.73 Å². The van der Waals surface area contributed by atoms with E-state index in [1.54, 1.807) is 0 Å². The first-order chi connectivity index (χ1) is 7.59. The van der Waals surface area contributed by atoms with Gasteiger partial charge < -0.3 is 5.73 Å². The molecule has 0 saturated carbocycles. The van der Waals surface area contributed by atoms with Crippen LogP contribution in [0.3, 0.4) is 0 Å². The lowest BCUT2D eigenvalue weighted by Gasteiger charge is -2.06. The SMILES string of the molecule is Cc1ccccc1-c1nc(N)[nH]c(=O)c1Br. The van der Waals surface area contributed by atoms with Crippen molar-refractivity contribution in [2.45, 2.75) is 6.92 Å². The molecular weight excluding hydrogens is 270 g/mol. The lowest BCUT2D eigenvalue weighted by molar-refractivity contribution is 1.12. The number of hydrogen-bond donors (Lipinski definition) is 2. The average Bonchev–Trinajstić information content (AvgIpc) is 2.24. The van der Waals surface area contributed by atoms with Crippen LogP contribution in [0.4, 0.5) is 5.95 Å². The Morgan fingerprint density at radius 3 is 2.75 bits per heavy atom. The van der Waals surface area contributed by atoms with E-state index in [-0.39, 0.29) is 11.5 Å². The van der Waals surface area contributed by atoms with E-state index in [0.717, 1.165) is 11.1 Å². The molecule has 0 aliphatic heterocycles. The van der Waals surface area contributed by atoms with Crippen LogP contribution >= 0.6 is 15.9 Å². The summed E-state index contributed by atoms with van der Waals surface area (Å²) in [6, 6.07) is 7.69. The number of H-pyrrole nitrogens is 1. The molecule has 1 aromatic carbocycles. The Hall–Kier alpha value is -1.62. The van der Waals surface area contributed by atoms with Crippen LogP contribution in [0, 0.1) is 6.92 Å². The molecule has 1 aromatic heterocycles. The topological polar surface area (TPSA) is 71.8 Å². The molecule has 16 heavy (non-hydrogen) atoms. The Morgan fingerprint density at radius 1 is 1.38 bits per heavy atom. The first kappa shape index (κ1) is 10.9. The summed E-state index contributed by atoms with van der Waals surface area (Å²) in [4.78, 5) is 18.1. The van der Waals surface area contributed by atoms with Gasteiger partial charge in [-0.05, 0) is 28.4 Å². The molecule has 3 N–H and O–H groups in total. The number of anilines is 1. The van der Waals surface area contributed by atoms with Crippen LogP contribution in [0.5, 0.6) is 0 Å². The predicted octanol–water partition coefficient (Wildman–Crippen LogP) is 2.09. The molecule has 1 heterocycles. The Morgan fingerprint density at radius 2 is 2.06 bits per heavy atom. The molecule has 0 saturated heterocycles. The fraction of sp³-hybridized carbons (Fsp3) is 0.0909. The van der Waals surface area contributed by atoms with Gasteiger partial charge in [-0.3, -0.25) is 9.78 Å². The molecule has 0 atom stereocenters. The van der Waals surface area contributed by atoms with Gasteiger partial charge in [-0.2, -0.15) is 0 Å². The highest BCUT2D eigenvalue weighted by Crippen LogP contribution is 2.26. The van der Waals surface area contributed by atoms with E-state index < -0.39 is 0 Å². The van der Waals surface area contributed by atoms with Crippen molar-refractivity contribution in [2.75, 3.05) is 5.73 Å². The number of nitrogens with two attached hydrogens (primary N) is 1. The number of benzene rings is 1. The normalized spacial score (nSPS) is 10.4. The molecule has 0 aliphatic carbocycles. The van der Waals surface area contributed by atoms with E-state index in [2.05, 4.69) is 25.9 Å². The van der Waals surface area contributed by atoms with Crippen molar-refractivity contribution in [1.29, 1.82) is 0 Å². The van der Waals surface area contributed by atoms with Gasteiger partial charge in [-0.15, -0.1) is 0 Å². The maximum Gasteiger partial charge on any atom is 0.267 e. The fourth-order valence-electron chi connectivity index (χ4n) is 1.49. The van der Waals surface area contributed by atoms with Crippen LogP contribution in [0.2, 0.25) is 0 Å². The molecule has 82 valence electrons. The minimum absolute atomic E-state index is 0.117. The highest BCUT2D eigenvalue weighted by atomic mass is 79.9. The van der Waals surface area contributed by atoms with Crippen LogP contribution in [-0.2, 0) is 0 Å². The fourth-order valence-corrected chi connectivity index (χ4v) is 1.89. The van der Waals surface area contributed by atoms with Gasteiger partial charge in [0.2, 0.25) is 5.95 Å². The number of aromatic amines is 1. The maximum atomic E-state index is 11.5. The number of nitrogen functional groups attached to an aromatic ring is 1. The molecule has 0 fully saturated rings. The Bertz CT molecular complexity index is 592. The van der Waals surface area contributed by atoms with Crippen LogP contribution < -0.4 is 11.3 Å². The molecule has 0 radical (unpaired) electrons. The first-order valence-corrected chi connectivity index (χ1v) is 5.50. The minimum Gasteiger partial charge on any atom is -0.369 e. The third kappa shape index (κ3) is 1.86. The lowest BCUT2D eigenvalue weighted by atomic mass is 10.1. The monoisotopic (exact) mass is 279 g/mol. The van der Waals surface area contributed by atoms with E-state index in [9.17, 15) is 4.79 Å². The molecule has 0 unspecified atom stereocenters. The summed E-state index contributed by atoms with van der Waals surface area (Å²) < 4.78 is 0.399. The summed E-state index contributed by atoms with van der Waals surface area (Å²) in [5.41, 5.74) is 7.76. The molecule has 0 bridgehead atoms. The van der Waals surface area contributed by atoms with E-state index in [0.29, 0.717) is 10.2 Å². The van der Waals surface area contributed by atoms with Crippen molar-refractivity contribution in [1.82, 2.24) is 9.97 Å². The summed E-state index contributed by atoms with van der Waals surface area (Å²) >= 11 is 3.22. The van der Waals surface area contributed by atoms with Crippen molar-refractivity contribution >= 4 is 21.9 Å². The second kappa shape index (κ2) is 4.09. The minimum atomic E-state index is -0.272. The summed E-state index contributed by atoms with van der Waals surface area (Å²) in [5, 5.41) is 0. The summed E-state index contributed by atoms with van der Waals surface area (Å²) in [6.07, 6.45) is 0. The molecule has 4 nitrogen and oxygen atoms in total. The third-order valence-corrected chi connectivity index (χ3v) is 3.02. The molecule has 0 aliphatic rings. The largest absolute Gasteiger partial charge is 0.369 e. The first-order valence-electron chi connectivity index (χ1n) is 4.71. The van der Waals surface area contributed by atoms with E-state index >= 15 is 0 Å². The van der Waals surface area contributed by atoms with Gasteiger partial charge in [0.15, 0.2) is 0 Å². The second-order valence-electron chi connectivity index (χ2n) is 3.43. The molecule has 2 aromatic rings. The van der Waals surface area contributed by atoms with Gasteiger partial charge in [0.25, 0.3) is 5.56 Å². The highest BCUT2D eigenvalue weighted by molar-refractivity contribution is 9.10. The van der Waals surface area contributed by atoms with Crippen LogP contribution in [0.1, 0.15) is 5.56 Å². The van der Waals surface area contributed by atoms with Crippen molar-refractivity contribution in [2.24, 2.45) is 0 Å². The van der Waals surface area contributed by atoms with Crippen LogP contribution in [0.25, 0.3) is 11.3 Å². The van der Waals surface area contributed by atoms with Crippen molar-refractivity contribution < 1.29 is 0 Å². The second-order valence-corrected chi connectivity index (χ2v) is 4.22. The smallest absolute Gasteiger partial charge is 0.267 e. The van der Waals surface area contributed by atoms with Gasteiger partial charge in [-0.1, -0.05) is 24.3 Å². The molecule has 0 spiro atoms. The molecule has 2 rings (SSSR count). The molecule has 5 heteroatoms. The number of aryl methyl sites for hydroxylation is 1. The average molecular weight is 280 g/mol. The number of halogens is 1. The number of nitrogens with zero attached hydrogens (tertiary/aromatic N) is 1. The number of hydrogen-bond acceptors (Lipinski definition) is 3. The number of aromatic nitrogens is 2. The zero-order valence-corrected chi connectivity index (χ0v) is 10.2. The van der Waals surface area contributed by atoms with Crippen molar-refractivity contribution in [3.05, 3.63) is 44.7 Å². The van der Waals surface area contributed by atoms with Crippen LogP contribution in [0.15, 0.2) is 33.5 Å². The molecule has 0 amide bonds. The number of rotatable bonds is 1. The molecular formula is C11H10BrN3O. The zero-order chi connectivity index (χ0) is 11.7. The van der Waals surface area contributed by atoms with Crippen molar-refractivity contribution in [3.8, 4) is 11.3 Å². The zero-order valence-electron chi connectivity index (χ0n) is 8.62. The van der Waals surface area contributed by atoms with E-state index in [1.807, 2.05) is 31.2 Å². The standard InChI is InChI=1S/C11H10BrN3O/c1-6-4-2-3-5-7(6)9-8(12)10(16)15-11(13)14-9/h2-5H,1H3,(H3,13,14,15,16). The lowest BCUT2D eigenvalue weighted by Crippen LogP contribution is -2.13. The summed E-state index contributed by atoms with van der Waals surface area (Å²) in [5.74, 6) is 0.117. The van der Waals surface area contributed by atoms with Gasteiger partial charge in [0, 0.05) is 5.56 Å². The van der Waals surface area contributed by atoms with E-state index in [1.165, 1.54) is 0 Å². The van der Waals surface area contributed by atoms with Gasteiger partial charge >= 0.3 is 0 Å². The Kier molecular flexibility index (Phi) is 2.78. The third-order valence-electron chi connectivity index (χ3n) is 2.28. The Labute approximate surface area is 101 Å². The summed E-state index contributed by atoms with van der Waals surface area (Å²) in [7, 11) is 0. The Balaban J connectivity index is 2.74. The van der Waals surface area contributed by atoms with Crippen LogP contribution in [-0.4, -0.2) is 9.97 Å². The maximum absolute atomic E-state index is 11.5. The number of nitrogens with one attached hydrogen (secondary N) is 1. The van der Waals surface area contributed by atoms with Gasteiger partial charge in [-0.25, -0.2) is 4.98 Å². The van der Waals surface area contributed by atoms with Gasteiger partial charge in [0.05, 0.1) is 5.69 Å². The predicted molar refractivity (Wildman–Crippen MR) is 67.1 cm³/mol. The van der Waals surface area contributed by atoms with Gasteiger partial charge in [0.1, 0.15) is 4.47 Å². The quantitative estimate of drug-likeness (QED) is 0.840. The van der Waals surface area contributed by atoms with Crippen molar-refractivity contribution in [3.63, 3.8) is 0 Å². The highest BCUT2D eigenvalue weighted by Gasteiger charge is 2.11. The summed E-state index contributed by atoms with van der Waals surface area (Å²) in [6.45, 7) is 1.96.